The molecule has 35 heavy (non-hydrogen) atoms. The van der Waals surface area contributed by atoms with Crippen LogP contribution < -0.4 is 9.47 Å². The second kappa shape index (κ2) is 13.9. The number of methoxy groups -OCH3 is 1. The van der Waals surface area contributed by atoms with E-state index in [2.05, 4.69) is 42.5 Å². The van der Waals surface area contributed by atoms with Crippen molar-refractivity contribution >= 4 is 46.1 Å². The van der Waals surface area contributed by atoms with Gasteiger partial charge < -0.3 is 23.7 Å². The zero-order valence-electron chi connectivity index (χ0n) is 20.6. The van der Waals surface area contributed by atoms with Gasteiger partial charge in [-0.2, -0.15) is 0 Å². The van der Waals surface area contributed by atoms with Crippen LogP contribution in [0.3, 0.4) is 0 Å². The van der Waals surface area contributed by atoms with Crippen LogP contribution in [0.4, 0.5) is 0 Å². The summed E-state index contributed by atoms with van der Waals surface area (Å²) in [5.41, 5.74) is 1.95. The Labute approximate surface area is 225 Å². The fourth-order valence-electron chi connectivity index (χ4n) is 3.39. The number of ether oxygens (including phenoxy) is 5. The largest absolute Gasteiger partial charge is 0.490 e. The van der Waals surface area contributed by atoms with Crippen molar-refractivity contribution in [1.82, 2.24) is 0 Å². The molecule has 2 rings (SSSR count). The highest BCUT2D eigenvalue weighted by molar-refractivity contribution is 14.1. The first-order valence-corrected chi connectivity index (χ1v) is 12.7. The molecular weight excluding hydrogens is 587 g/mol. The summed E-state index contributed by atoms with van der Waals surface area (Å²) in [6.07, 6.45) is -0.967. The SMILES string of the molecule is COC[C@@H](COc1ccc(C(C)(C)c2ccc(OC[C@@H](CCl)OC(C)=O)c(I)c2)cc1)OC(C)=O. The van der Waals surface area contributed by atoms with Crippen molar-refractivity contribution in [2.24, 2.45) is 0 Å². The summed E-state index contributed by atoms with van der Waals surface area (Å²) < 4.78 is 28.0. The van der Waals surface area contributed by atoms with Crippen LogP contribution in [-0.2, 0) is 29.2 Å². The number of halogens is 2. The van der Waals surface area contributed by atoms with Gasteiger partial charge in [-0.05, 0) is 58.0 Å². The predicted molar refractivity (Wildman–Crippen MR) is 142 cm³/mol. The third-order valence-electron chi connectivity index (χ3n) is 5.28. The minimum atomic E-state index is -0.499. The first-order chi connectivity index (χ1) is 16.6. The molecule has 0 amide bonds. The molecular formula is C26H32ClIO7. The van der Waals surface area contributed by atoms with Gasteiger partial charge in [-0.25, -0.2) is 0 Å². The highest BCUT2D eigenvalue weighted by atomic mass is 127. The van der Waals surface area contributed by atoms with Crippen LogP contribution in [0.2, 0.25) is 0 Å². The zero-order valence-corrected chi connectivity index (χ0v) is 23.6. The Morgan fingerprint density at radius 1 is 0.886 bits per heavy atom. The smallest absolute Gasteiger partial charge is 0.303 e. The average molecular weight is 619 g/mol. The number of carbonyl (C=O) groups is 2. The zero-order chi connectivity index (χ0) is 26.0. The van der Waals surface area contributed by atoms with E-state index in [0.717, 1.165) is 14.7 Å². The highest BCUT2D eigenvalue weighted by Crippen LogP contribution is 2.35. The van der Waals surface area contributed by atoms with Gasteiger partial charge in [0.05, 0.1) is 16.1 Å². The Morgan fingerprint density at radius 3 is 2.00 bits per heavy atom. The maximum Gasteiger partial charge on any atom is 0.303 e. The maximum absolute atomic E-state index is 11.2. The lowest BCUT2D eigenvalue weighted by Crippen LogP contribution is -2.28. The summed E-state index contributed by atoms with van der Waals surface area (Å²) in [4.78, 5) is 22.4. The van der Waals surface area contributed by atoms with Crippen molar-refractivity contribution in [2.45, 2.75) is 45.3 Å². The molecule has 2 aromatic carbocycles. The average Bonchev–Trinajstić information content (AvgIpc) is 2.80. The molecule has 0 spiro atoms. The molecule has 2 aromatic rings. The van der Waals surface area contributed by atoms with Crippen LogP contribution in [0.5, 0.6) is 11.5 Å². The van der Waals surface area contributed by atoms with E-state index in [1.54, 1.807) is 7.11 Å². The predicted octanol–water partition coefficient (Wildman–Crippen LogP) is 5.12. The molecule has 7 nitrogen and oxygen atoms in total. The van der Waals surface area contributed by atoms with E-state index in [4.69, 9.17) is 35.3 Å². The topological polar surface area (TPSA) is 80.3 Å². The van der Waals surface area contributed by atoms with Crippen LogP contribution >= 0.6 is 34.2 Å². The van der Waals surface area contributed by atoms with Crippen molar-refractivity contribution in [3.8, 4) is 11.5 Å². The minimum absolute atomic E-state index is 0.164. The molecule has 0 saturated heterocycles. The van der Waals surface area contributed by atoms with E-state index in [1.165, 1.54) is 13.8 Å². The Kier molecular flexibility index (Phi) is 11.6. The normalized spacial score (nSPS) is 13.0. The molecule has 9 heteroatoms. The van der Waals surface area contributed by atoms with Crippen molar-refractivity contribution in [1.29, 1.82) is 0 Å². The molecule has 0 aromatic heterocycles. The summed E-state index contributed by atoms with van der Waals surface area (Å²) in [5, 5.41) is 0. The molecule has 2 atom stereocenters. The summed E-state index contributed by atoms with van der Waals surface area (Å²) in [5.74, 6) is 0.786. The van der Waals surface area contributed by atoms with E-state index in [1.807, 2.05) is 36.4 Å². The molecule has 0 aliphatic rings. The standard InChI is InChI=1S/C26H32ClIO7/c1-17(29)34-22(13-27)15-33-25-11-8-20(12-24(25)28)26(3,4)19-6-9-21(10-7-19)32-16-23(14-31-5)35-18(2)30/h6-12,22-23H,13-16H2,1-5H3/t22-,23+/m1/s1. The number of hydrogen-bond acceptors (Lipinski definition) is 7. The van der Waals surface area contributed by atoms with Crippen LogP contribution in [0.1, 0.15) is 38.8 Å². The van der Waals surface area contributed by atoms with Gasteiger partial charge in [0.15, 0.2) is 6.10 Å². The Bertz CT molecular complexity index is 978. The monoisotopic (exact) mass is 618 g/mol. The quantitative estimate of drug-likeness (QED) is 0.175. The number of hydrogen-bond donors (Lipinski definition) is 0. The number of alkyl halides is 1. The second-order valence-electron chi connectivity index (χ2n) is 8.49. The molecule has 0 aliphatic carbocycles. The number of benzene rings is 2. The highest BCUT2D eigenvalue weighted by Gasteiger charge is 2.24. The van der Waals surface area contributed by atoms with E-state index >= 15 is 0 Å². The van der Waals surface area contributed by atoms with E-state index < -0.39 is 12.2 Å². The van der Waals surface area contributed by atoms with Crippen molar-refractivity contribution < 1.29 is 33.3 Å². The number of esters is 2. The van der Waals surface area contributed by atoms with Gasteiger partial charge in [-0.1, -0.05) is 32.0 Å². The van der Waals surface area contributed by atoms with Crippen LogP contribution in [0.25, 0.3) is 0 Å². The van der Waals surface area contributed by atoms with Gasteiger partial charge in [-0.3, -0.25) is 9.59 Å². The molecule has 0 aliphatic heterocycles. The lowest BCUT2D eigenvalue weighted by molar-refractivity contribution is -0.150. The third kappa shape index (κ3) is 9.16. The van der Waals surface area contributed by atoms with Gasteiger partial charge in [0.1, 0.15) is 30.8 Å². The van der Waals surface area contributed by atoms with Crippen molar-refractivity contribution in [3.05, 3.63) is 57.2 Å². The third-order valence-corrected chi connectivity index (χ3v) is 6.47. The van der Waals surface area contributed by atoms with Crippen LogP contribution in [-0.4, -0.2) is 57.0 Å². The Morgan fingerprint density at radius 2 is 1.46 bits per heavy atom. The molecule has 0 radical (unpaired) electrons. The fraction of sp³-hybridized carbons (Fsp3) is 0.462. The van der Waals surface area contributed by atoms with E-state index in [0.29, 0.717) is 11.5 Å². The number of carbonyl (C=O) groups excluding carboxylic acids is 2. The van der Waals surface area contributed by atoms with E-state index in [-0.39, 0.29) is 43.1 Å². The maximum atomic E-state index is 11.2. The van der Waals surface area contributed by atoms with Gasteiger partial charge >= 0.3 is 11.9 Å². The lowest BCUT2D eigenvalue weighted by Gasteiger charge is -2.27. The second-order valence-corrected chi connectivity index (χ2v) is 9.96. The molecule has 0 fully saturated rings. The molecule has 0 N–H and O–H groups in total. The molecule has 0 heterocycles. The van der Waals surface area contributed by atoms with Crippen molar-refractivity contribution in [3.63, 3.8) is 0 Å². The first-order valence-electron chi connectivity index (χ1n) is 11.1. The summed E-state index contributed by atoms with van der Waals surface area (Å²) in [6, 6.07) is 13.9. The van der Waals surface area contributed by atoms with Crippen LogP contribution in [0, 0.1) is 3.57 Å². The Balaban J connectivity index is 2.06. The van der Waals surface area contributed by atoms with Gasteiger partial charge in [0.2, 0.25) is 0 Å². The summed E-state index contributed by atoms with van der Waals surface area (Å²) >= 11 is 8.09. The molecule has 192 valence electrons. The van der Waals surface area contributed by atoms with Gasteiger partial charge in [-0.15, -0.1) is 11.6 Å². The van der Waals surface area contributed by atoms with Crippen molar-refractivity contribution in [2.75, 3.05) is 32.8 Å². The first kappa shape index (κ1) is 29.2. The fourth-order valence-corrected chi connectivity index (χ4v) is 4.22. The molecule has 0 unspecified atom stereocenters. The lowest BCUT2D eigenvalue weighted by atomic mass is 9.78. The molecule has 0 bridgehead atoms. The van der Waals surface area contributed by atoms with E-state index in [9.17, 15) is 9.59 Å². The summed E-state index contributed by atoms with van der Waals surface area (Å²) in [7, 11) is 1.55. The van der Waals surface area contributed by atoms with Gasteiger partial charge in [0, 0.05) is 26.4 Å². The summed E-state index contributed by atoms with van der Waals surface area (Å²) in [6.45, 7) is 7.66. The van der Waals surface area contributed by atoms with Crippen LogP contribution in [0.15, 0.2) is 42.5 Å². The minimum Gasteiger partial charge on any atom is -0.490 e. The number of rotatable bonds is 13. The molecule has 0 saturated carbocycles. The Hall–Kier alpha value is -2.04. The van der Waals surface area contributed by atoms with Gasteiger partial charge in [0.25, 0.3) is 0 Å².